The number of hydrogen-bond acceptors (Lipinski definition) is 5. The molecule has 25 heavy (non-hydrogen) atoms. The minimum Gasteiger partial charge on any atom is -0.482 e. The maximum Gasteiger partial charge on any atom is 0.262 e. The van der Waals surface area contributed by atoms with Gasteiger partial charge in [-0.2, -0.15) is 0 Å². The lowest BCUT2D eigenvalue weighted by Gasteiger charge is -2.21. The number of carbonyl (C=O) groups excluding carboxylic acids is 1. The Morgan fingerprint density at radius 2 is 2.08 bits per heavy atom. The highest BCUT2D eigenvalue weighted by Crippen LogP contribution is 2.38. The molecule has 0 saturated carbocycles. The van der Waals surface area contributed by atoms with Crippen LogP contribution in [0.5, 0.6) is 5.75 Å². The van der Waals surface area contributed by atoms with Gasteiger partial charge in [-0.15, -0.1) is 11.3 Å². The topological polar surface area (TPSA) is 77.2 Å². The van der Waals surface area contributed by atoms with Gasteiger partial charge >= 0.3 is 0 Å². The van der Waals surface area contributed by atoms with Crippen LogP contribution in [0.1, 0.15) is 11.1 Å². The molecule has 1 aliphatic heterocycles. The van der Waals surface area contributed by atoms with Crippen molar-refractivity contribution in [3.63, 3.8) is 0 Å². The zero-order valence-corrected chi connectivity index (χ0v) is 14.7. The number of fused-ring (bicyclic) bond motifs is 1. The smallest absolute Gasteiger partial charge is 0.262 e. The molecule has 0 fully saturated rings. The number of nitrogens with two attached hydrogens (primary N) is 1. The molecule has 0 spiro atoms. The Morgan fingerprint density at radius 3 is 2.88 bits per heavy atom. The molecule has 0 radical (unpaired) electrons. The van der Waals surface area contributed by atoms with Gasteiger partial charge in [0.15, 0.2) is 6.61 Å². The number of nitrogen functional groups attached to an aromatic ring is 1. The molecular weight excluding hydrogens is 334 g/mol. The normalized spacial score (nSPS) is 13.1. The van der Waals surface area contributed by atoms with E-state index in [0.29, 0.717) is 5.75 Å². The molecule has 1 aliphatic rings. The highest BCUT2D eigenvalue weighted by molar-refractivity contribution is 7.13. The molecule has 2 heterocycles. The van der Waals surface area contributed by atoms with Crippen LogP contribution in [-0.4, -0.2) is 17.5 Å². The number of anilines is 2. The van der Waals surface area contributed by atoms with Crippen LogP contribution in [0.2, 0.25) is 0 Å². The fraction of sp³-hybridized carbons (Fsp3) is 0.158. The van der Waals surface area contributed by atoms with Crippen LogP contribution in [-0.2, 0) is 4.79 Å². The zero-order valence-electron chi connectivity index (χ0n) is 13.9. The van der Waals surface area contributed by atoms with E-state index in [1.54, 1.807) is 11.3 Å². The van der Waals surface area contributed by atoms with Crippen molar-refractivity contribution in [1.29, 1.82) is 0 Å². The number of thiazole rings is 1. The van der Waals surface area contributed by atoms with E-state index in [9.17, 15) is 4.79 Å². The average Bonchev–Trinajstić information content (AvgIpc) is 3.08. The van der Waals surface area contributed by atoms with Gasteiger partial charge in [0.2, 0.25) is 0 Å². The molecule has 5 nitrogen and oxygen atoms in total. The number of amides is 1. The van der Waals surface area contributed by atoms with Crippen LogP contribution in [0.4, 0.5) is 11.4 Å². The van der Waals surface area contributed by atoms with Crippen molar-refractivity contribution in [3.05, 3.63) is 46.8 Å². The third-order valence-electron chi connectivity index (χ3n) is 4.36. The SMILES string of the molecule is Cc1ccc(-c2nc(-c3ccc4c(c3C)NC(=O)CO4)cs2)cc1N. The summed E-state index contributed by atoms with van der Waals surface area (Å²) in [5.41, 5.74) is 12.4. The van der Waals surface area contributed by atoms with Gasteiger partial charge in [-0.1, -0.05) is 12.1 Å². The first-order valence-corrected chi connectivity index (χ1v) is 8.79. The van der Waals surface area contributed by atoms with E-state index in [1.807, 2.05) is 49.6 Å². The molecule has 4 rings (SSSR count). The molecule has 0 aliphatic carbocycles. The largest absolute Gasteiger partial charge is 0.482 e. The van der Waals surface area contributed by atoms with Crippen LogP contribution in [0.3, 0.4) is 0 Å². The Labute approximate surface area is 149 Å². The molecule has 2 aromatic carbocycles. The molecule has 0 atom stereocenters. The summed E-state index contributed by atoms with van der Waals surface area (Å²) in [5, 5.41) is 5.82. The standard InChI is InChI=1S/C19H17N3O2S/c1-10-3-4-12(7-14(10)20)19-21-15(9-25-19)13-5-6-16-18(11(13)2)22-17(23)8-24-16/h3-7,9H,8,20H2,1-2H3,(H,22,23). The first kappa shape index (κ1) is 15.7. The van der Waals surface area contributed by atoms with Gasteiger partial charge in [0.05, 0.1) is 11.4 Å². The minimum absolute atomic E-state index is 0.0570. The van der Waals surface area contributed by atoms with Crippen molar-refractivity contribution < 1.29 is 9.53 Å². The fourth-order valence-electron chi connectivity index (χ4n) is 2.86. The second kappa shape index (κ2) is 5.89. The van der Waals surface area contributed by atoms with E-state index in [-0.39, 0.29) is 12.5 Å². The first-order valence-electron chi connectivity index (χ1n) is 7.91. The van der Waals surface area contributed by atoms with Crippen LogP contribution in [0, 0.1) is 13.8 Å². The Hall–Kier alpha value is -2.86. The number of nitrogens with one attached hydrogen (secondary N) is 1. The summed E-state index contributed by atoms with van der Waals surface area (Å²) in [7, 11) is 0. The number of carbonyl (C=O) groups is 1. The second-order valence-electron chi connectivity index (χ2n) is 6.06. The number of benzene rings is 2. The lowest BCUT2D eigenvalue weighted by molar-refractivity contribution is -0.118. The van der Waals surface area contributed by atoms with Crippen LogP contribution >= 0.6 is 11.3 Å². The van der Waals surface area contributed by atoms with Crippen LogP contribution < -0.4 is 15.8 Å². The summed E-state index contributed by atoms with van der Waals surface area (Å²) in [4.78, 5) is 16.4. The quantitative estimate of drug-likeness (QED) is 0.684. The van der Waals surface area contributed by atoms with Gasteiger partial charge in [0.1, 0.15) is 10.8 Å². The third-order valence-corrected chi connectivity index (χ3v) is 5.25. The lowest BCUT2D eigenvalue weighted by Crippen LogP contribution is -2.26. The third kappa shape index (κ3) is 2.74. The van der Waals surface area contributed by atoms with E-state index < -0.39 is 0 Å². The molecule has 1 amide bonds. The number of rotatable bonds is 2. The van der Waals surface area contributed by atoms with Gasteiger partial charge in [-0.05, 0) is 43.2 Å². The molecule has 6 heteroatoms. The number of ether oxygens (including phenoxy) is 1. The van der Waals surface area contributed by atoms with Gasteiger partial charge in [0.25, 0.3) is 5.91 Å². The van der Waals surface area contributed by atoms with Crippen molar-refractivity contribution in [3.8, 4) is 27.6 Å². The Balaban J connectivity index is 1.74. The van der Waals surface area contributed by atoms with Crippen molar-refractivity contribution in [1.82, 2.24) is 4.98 Å². The molecule has 3 N–H and O–H groups in total. The number of aromatic nitrogens is 1. The molecule has 126 valence electrons. The average molecular weight is 351 g/mol. The number of nitrogens with zero attached hydrogens (tertiary/aromatic N) is 1. The minimum atomic E-state index is -0.137. The summed E-state index contributed by atoms with van der Waals surface area (Å²) < 4.78 is 5.46. The molecule has 3 aromatic rings. The Kier molecular flexibility index (Phi) is 3.69. The van der Waals surface area contributed by atoms with Crippen molar-refractivity contribution in [2.75, 3.05) is 17.7 Å². The summed E-state index contributed by atoms with van der Waals surface area (Å²) >= 11 is 1.57. The van der Waals surface area contributed by atoms with E-state index in [1.165, 1.54) is 0 Å². The predicted molar refractivity (Wildman–Crippen MR) is 101 cm³/mol. The second-order valence-corrected chi connectivity index (χ2v) is 6.92. The summed E-state index contributed by atoms with van der Waals surface area (Å²) in [6.45, 7) is 4.01. The highest BCUT2D eigenvalue weighted by Gasteiger charge is 2.21. The highest BCUT2D eigenvalue weighted by atomic mass is 32.1. The first-order chi connectivity index (χ1) is 12.0. The molecule has 0 unspecified atom stereocenters. The summed E-state index contributed by atoms with van der Waals surface area (Å²) in [6.07, 6.45) is 0. The van der Waals surface area contributed by atoms with Crippen molar-refractivity contribution >= 4 is 28.6 Å². The summed E-state index contributed by atoms with van der Waals surface area (Å²) in [5.74, 6) is 0.560. The predicted octanol–water partition coefficient (Wildman–Crippen LogP) is 4.01. The van der Waals surface area contributed by atoms with E-state index in [0.717, 1.165) is 44.3 Å². The Morgan fingerprint density at radius 1 is 1.24 bits per heavy atom. The lowest BCUT2D eigenvalue weighted by atomic mass is 10.0. The zero-order chi connectivity index (χ0) is 17.6. The van der Waals surface area contributed by atoms with Crippen LogP contribution in [0.25, 0.3) is 21.8 Å². The van der Waals surface area contributed by atoms with Crippen molar-refractivity contribution in [2.45, 2.75) is 13.8 Å². The van der Waals surface area contributed by atoms with E-state index in [2.05, 4.69) is 5.32 Å². The molecule has 0 bridgehead atoms. The van der Waals surface area contributed by atoms with Gasteiger partial charge in [-0.3, -0.25) is 4.79 Å². The fourth-order valence-corrected chi connectivity index (χ4v) is 3.68. The molecule has 0 saturated heterocycles. The van der Waals surface area contributed by atoms with Gasteiger partial charge in [-0.25, -0.2) is 4.98 Å². The number of aryl methyl sites for hydroxylation is 1. The molecular formula is C19H17N3O2S. The number of hydrogen-bond donors (Lipinski definition) is 2. The van der Waals surface area contributed by atoms with Gasteiger partial charge in [0, 0.05) is 22.2 Å². The Bertz CT molecular complexity index is 994. The van der Waals surface area contributed by atoms with E-state index in [4.69, 9.17) is 15.5 Å². The summed E-state index contributed by atoms with van der Waals surface area (Å²) in [6, 6.07) is 9.84. The van der Waals surface area contributed by atoms with Crippen molar-refractivity contribution in [2.24, 2.45) is 0 Å². The molecule has 1 aromatic heterocycles. The maximum atomic E-state index is 11.6. The van der Waals surface area contributed by atoms with Gasteiger partial charge < -0.3 is 15.8 Å². The maximum absolute atomic E-state index is 11.6. The van der Waals surface area contributed by atoms with E-state index >= 15 is 0 Å². The monoisotopic (exact) mass is 351 g/mol. The van der Waals surface area contributed by atoms with Crippen LogP contribution in [0.15, 0.2) is 35.7 Å².